The van der Waals surface area contributed by atoms with Crippen LogP contribution in [0.3, 0.4) is 0 Å². The summed E-state index contributed by atoms with van der Waals surface area (Å²) in [5, 5.41) is 5.53. The Morgan fingerprint density at radius 3 is 2.58 bits per heavy atom. The molecular formula is C19H20ClN5S. The van der Waals surface area contributed by atoms with E-state index in [0.29, 0.717) is 0 Å². The van der Waals surface area contributed by atoms with Gasteiger partial charge >= 0.3 is 0 Å². The van der Waals surface area contributed by atoms with Crippen LogP contribution in [0.1, 0.15) is 10.4 Å². The van der Waals surface area contributed by atoms with Crippen molar-refractivity contribution in [2.24, 2.45) is 0 Å². The van der Waals surface area contributed by atoms with E-state index in [2.05, 4.69) is 37.2 Å². The Bertz CT molecular complexity index is 931. The van der Waals surface area contributed by atoms with E-state index in [-0.39, 0.29) is 0 Å². The van der Waals surface area contributed by atoms with Gasteiger partial charge in [-0.05, 0) is 42.8 Å². The Hall–Kier alpha value is -1.89. The number of hydrogen-bond acceptors (Lipinski definition) is 6. The number of halogens is 1. The second-order valence-electron chi connectivity index (χ2n) is 6.76. The van der Waals surface area contributed by atoms with Gasteiger partial charge in [-0.1, -0.05) is 11.6 Å². The molecule has 1 aromatic carbocycles. The molecule has 0 atom stereocenters. The van der Waals surface area contributed by atoms with E-state index in [1.807, 2.05) is 23.5 Å². The molecule has 0 amide bonds. The highest BCUT2D eigenvalue weighted by Gasteiger charge is 2.25. The largest absolute Gasteiger partial charge is 0.368 e. The van der Waals surface area contributed by atoms with Crippen LogP contribution in [0.5, 0.6) is 0 Å². The molecule has 0 bridgehead atoms. The van der Waals surface area contributed by atoms with Gasteiger partial charge in [-0.2, -0.15) is 0 Å². The first-order valence-electron chi connectivity index (χ1n) is 9.01. The summed E-state index contributed by atoms with van der Waals surface area (Å²) >= 11 is 7.83. The van der Waals surface area contributed by atoms with E-state index in [1.54, 1.807) is 6.33 Å². The molecule has 2 aromatic heterocycles. The Morgan fingerprint density at radius 2 is 1.77 bits per heavy atom. The summed E-state index contributed by atoms with van der Waals surface area (Å²) in [6.07, 6.45) is 2.79. The summed E-state index contributed by atoms with van der Waals surface area (Å²) in [4.78, 5) is 16.6. The van der Waals surface area contributed by atoms with Crippen molar-refractivity contribution in [2.45, 2.75) is 13.0 Å². The fourth-order valence-electron chi connectivity index (χ4n) is 3.91. The van der Waals surface area contributed by atoms with Crippen molar-refractivity contribution in [2.75, 3.05) is 42.5 Å². The van der Waals surface area contributed by atoms with Gasteiger partial charge < -0.3 is 15.1 Å². The molecule has 3 aromatic rings. The second kappa shape index (κ2) is 6.68. The molecular weight excluding hydrogens is 366 g/mol. The van der Waals surface area contributed by atoms with Gasteiger partial charge in [0.1, 0.15) is 17.0 Å². The maximum atomic E-state index is 6.01. The van der Waals surface area contributed by atoms with Crippen LogP contribution in [0.4, 0.5) is 11.5 Å². The van der Waals surface area contributed by atoms with Crippen LogP contribution in [-0.4, -0.2) is 42.7 Å². The van der Waals surface area contributed by atoms with Crippen molar-refractivity contribution >= 4 is 44.7 Å². The highest BCUT2D eigenvalue weighted by atomic mass is 35.5. The molecule has 0 radical (unpaired) electrons. The Kier molecular flexibility index (Phi) is 4.19. The average molecular weight is 386 g/mol. The summed E-state index contributed by atoms with van der Waals surface area (Å²) in [7, 11) is 0. The first-order chi connectivity index (χ1) is 12.8. The third-order valence-electron chi connectivity index (χ3n) is 5.26. The lowest BCUT2D eigenvalue weighted by molar-refractivity contribution is 0.646. The summed E-state index contributed by atoms with van der Waals surface area (Å²) in [5.41, 5.74) is 2.69. The lowest BCUT2D eigenvalue weighted by Gasteiger charge is -2.37. The van der Waals surface area contributed by atoms with Crippen LogP contribution in [0.15, 0.2) is 30.6 Å². The highest BCUT2D eigenvalue weighted by molar-refractivity contribution is 7.19. The molecule has 0 saturated carbocycles. The summed E-state index contributed by atoms with van der Waals surface area (Å²) in [6, 6.07) is 8.12. The molecule has 26 heavy (non-hydrogen) atoms. The molecule has 1 N–H and O–H groups in total. The van der Waals surface area contributed by atoms with Gasteiger partial charge in [0.05, 0.1) is 5.39 Å². The molecule has 134 valence electrons. The van der Waals surface area contributed by atoms with E-state index < -0.39 is 0 Å². The molecule has 0 aliphatic carbocycles. The molecule has 4 heterocycles. The molecule has 2 aliphatic rings. The van der Waals surface area contributed by atoms with Gasteiger partial charge in [-0.3, -0.25) is 0 Å². The van der Waals surface area contributed by atoms with Crippen LogP contribution in [-0.2, 0) is 13.0 Å². The fourth-order valence-corrected chi connectivity index (χ4v) is 5.19. The topological polar surface area (TPSA) is 44.3 Å². The number of nitrogens with one attached hydrogen (secondary N) is 1. The van der Waals surface area contributed by atoms with Crippen molar-refractivity contribution < 1.29 is 0 Å². The first kappa shape index (κ1) is 16.3. The van der Waals surface area contributed by atoms with E-state index in [1.165, 1.54) is 21.5 Å². The quantitative estimate of drug-likeness (QED) is 0.733. The number of piperazine rings is 1. The van der Waals surface area contributed by atoms with Gasteiger partial charge in [0.15, 0.2) is 0 Å². The Labute approximate surface area is 161 Å². The first-order valence-corrected chi connectivity index (χ1v) is 10.2. The maximum Gasteiger partial charge on any atom is 0.141 e. The van der Waals surface area contributed by atoms with Crippen molar-refractivity contribution in [3.05, 3.63) is 46.1 Å². The molecule has 1 saturated heterocycles. The van der Waals surface area contributed by atoms with Crippen LogP contribution in [0.25, 0.3) is 10.2 Å². The predicted molar refractivity (Wildman–Crippen MR) is 109 cm³/mol. The van der Waals surface area contributed by atoms with E-state index in [0.717, 1.165) is 61.4 Å². The van der Waals surface area contributed by atoms with Crippen molar-refractivity contribution in [3.8, 4) is 0 Å². The van der Waals surface area contributed by atoms with Crippen molar-refractivity contribution in [1.29, 1.82) is 0 Å². The zero-order valence-electron chi connectivity index (χ0n) is 14.4. The normalized spacial score (nSPS) is 17.6. The van der Waals surface area contributed by atoms with Crippen LogP contribution in [0.2, 0.25) is 5.02 Å². The second-order valence-corrected chi connectivity index (χ2v) is 8.28. The summed E-state index contributed by atoms with van der Waals surface area (Å²) in [6.45, 7) is 5.91. The van der Waals surface area contributed by atoms with Gasteiger partial charge in [0, 0.05) is 48.3 Å². The third kappa shape index (κ3) is 2.82. The number of benzene rings is 1. The van der Waals surface area contributed by atoms with E-state index in [9.17, 15) is 0 Å². The van der Waals surface area contributed by atoms with Gasteiger partial charge in [-0.25, -0.2) is 9.97 Å². The number of aromatic nitrogens is 2. The minimum atomic E-state index is 0.785. The summed E-state index contributed by atoms with van der Waals surface area (Å²) in [5.74, 6) is 1.12. The zero-order chi connectivity index (χ0) is 17.5. The molecule has 0 unspecified atom stereocenters. The van der Waals surface area contributed by atoms with Gasteiger partial charge in [-0.15, -0.1) is 11.3 Å². The predicted octanol–water partition coefficient (Wildman–Crippen LogP) is 3.32. The third-order valence-corrected chi connectivity index (χ3v) is 6.65. The molecule has 2 aliphatic heterocycles. The lowest BCUT2D eigenvalue weighted by atomic mass is 10.1. The Morgan fingerprint density at radius 1 is 1.00 bits per heavy atom. The van der Waals surface area contributed by atoms with Crippen molar-refractivity contribution in [3.63, 3.8) is 0 Å². The number of anilines is 2. The average Bonchev–Trinajstić information content (AvgIpc) is 3.07. The standard InChI is InChI=1S/C19H20ClN5S/c20-13-1-3-14(4-2-13)24-7-9-25(10-8-24)18-17-15-5-6-21-11-16(15)26-19(17)23-12-22-18/h1-4,12,21H,5-11H2. The zero-order valence-corrected chi connectivity index (χ0v) is 16.0. The smallest absolute Gasteiger partial charge is 0.141 e. The highest BCUT2D eigenvalue weighted by Crippen LogP contribution is 2.37. The number of thiophene rings is 1. The monoisotopic (exact) mass is 385 g/mol. The minimum absolute atomic E-state index is 0.785. The summed E-state index contributed by atoms with van der Waals surface area (Å²) < 4.78 is 0. The number of nitrogens with zero attached hydrogens (tertiary/aromatic N) is 4. The molecule has 1 fully saturated rings. The Balaban J connectivity index is 1.41. The lowest BCUT2D eigenvalue weighted by Crippen LogP contribution is -2.47. The number of hydrogen-bond donors (Lipinski definition) is 1. The van der Waals surface area contributed by atoms with Crippen LogP contribution in [0, 0.1) is 0 Å². The van der Waals surface area contributed by atoms with E-state index in [4.69, 9.17) is 11.6 Å². The number of rotatable bonds is 2. The van der Waals surface area contributed by atoms with Crippen molar-refractivity contribution in [1.82, 2.24) is 15.3 Å². The van der Waals surface area contributed by atoms with Gasteiger partial charge in [0.25, 0.3) is 0 Å². The SMILES string of the molecule is Clc1ccc(N2CCN(c3ncnc4sc5c(c34)CCNC5)CC2)cc1. The fraction of sp³-hybridized carbons (Fsp3) is 0.368. The van der Waals surface area contributed by atoms with Crippen LogP contribution < -0.4 is 15.1 Å². The molecule has 5 rings (SSSR count). The van der Waals surface area contributed by atoms with E-state index >= 15 is 0 Å². The van der Waals surface area contributed by atoms with Gasteiger partial charge in [0.2, 0.25) is 0 Å². The van der Waals surface area contributed by atoms with Crippen LogP contribution >= 0.6 is 22.9 Å². The minimum Gasteiger partial charge on any atom is -0.368 e. The number of fused-ring (bicyclic) bond motifs is 3. The molecule has 7 heteroatoms. The molecule has 5 nitrogen and oxygen atoms in total. The maximum absolute atomic E-state index is 6.01. The molecule has 0 spiro atoms.